The molecular formula is C30H58O13. The molecule has 0 spiro atoms. The molecule has 43 heavy (non-hydrogen) atoms. The van der Waals surface area contributed by atoms with E-state index in [4.69, 9.17) is 28.4 Å². The fourth-order valence-electron chi connectivity index (χ4n) is 5.28. The van der Waals surface area contributed by atoms with E-state index in [0.29, 0.717) is 19.8 Å². The molecule has 2 aliphatic heterocycles. The first-order chi connectivity index (χ1) is 20.8. The lowest BCUT2D eigenvalue weighted by Gasteiger charge is -2.45. The second-order valence-electron chi connectivity index (χ2n) is 11.5. The molecule has 0 radical (unpaired) electrons. The minimum absolute atomic E-state index is 0.0452. The van der Waals surface area contributed by atoms with Crippen molar-refractivity contribution >= 4 is 0 Å². The second kappa shape index (κ2) is 22.9. The predicted octanol–water partition coefficient (Wildman–Crippen LogP) is 0.361. The van der Waals surface area contributed by atoms with Crippen LogP contribution in [0.3, 0.4) is 0 Å². The number of rotatable bonds is 24. The third-order valence-corrected chi connectivity index (χ3v) is 7.98. The molecule has 2 aliphatic rings. The van der Waals surface area contributed by atoms with E-state index in [9.17, 15) is 35.7 Å². The van der Waals surface area contributed by atoms with Gasteiger partial charge in [-0.2, -0.15) is 0 Å². The summed E-state index contributed by atoms with van der Waals surface area (Å²) in [4.78, 5) is 0. The summed E-state index contributed by atoms with van der Waals surface area (Å²) >= 11 is 0. The summed E-state index contributed by atoms with van der Waals surface area (Å²) in [5.74, 6) is 0. The van der Waals surface area contributed by atoms with Crippen molar-refractivity contribution in [1.82, 2.24) is 0 Å². The first-order valence-corrected chi connectivity index (χ1v) is 16.2. The summed E-state index contributed by atoms with van der Waals surface area (Å²) in [5.41, 5.74) is 0. The molecule has 0 amide bonds. The van der Waals surface area contributed by atoms with Crippen LogP contribution in [-0.4, -0.2) is 143 Å². The summed E-state index contributed by atoms with van der Waals surface area (Å²) in [6, 6.07) is 0. The van der Waals surface area contributed by atoms with Gasteiger partial charge in [0.25, 0.3) is 0 Å². The van der Waals surface area contributed by atoms with Crippen LogP contribution in [0.4, 0.5) is 0 Å². The van der Waals surface area contributed by atoms with Crippen molar-refractivity contribution in [2.24, 2.45) is 0 Å². The Morgan fingerprint density at radius 2 is 0.977 bits per heavy atom. The van der Waals surface area contributed by atoms with Gasteiger partial charge in [0, 0.05) is 6.61 Å². The highest BCUT2D eigenvalue weighted by atomic mass is 16.7. The lowest BCUT2D eigenvalue weighted by molar-refractivity contribution is -0.359. The van der Waals surface area contributed by atoms with Gasteiger partial charge < -0.3 is 64.2 Å². The van der Waals surface area contributed by atoms with Gasteiger partial charge in [-0.15, -0.1) is 0 Å². The van der Waals surface area contributed by atoms with Gasteiger partial charge in [-0.25, -0.2) is 0 Å². The first kappa shape index (κ1) is 38.7. The standard InChI is InChI=1S/C30H58O13/c1-2-3-4-5-6-7-8-9-10-11-12-13-14-38-15-16-39-17-18-40-29-27(37)25(35)28(22(20-32)42-29)43-30-26(36)24(34)23(33)21(19-31)41-30/h21-37H,2-20H2,1H3/t21-,22-,23+,24+,25-,26-,27-,28-,29-,30+/m1/s1. The molecule has 2 fully saturated rings. The number of unbranched alkanes of at least 4 members (excludes halogenated alkanes) is 11. The van der Waals surface area contributed by atoms with E-state index in [0.717, 1.165) is 6.42 Å². The molecule has 7 N–H and O–H groups in total. The molecule has 0 aromatic heterocycles. The summed E-state index contributed by atoms with van der Waals surface area (Å²) in [6.45, 7) is 2.74. The molecule has 13 nitrogen and oxygen atoms in total. The van der Waals surface area contributed by atoms with Crippen LogP contribution in [-0.2, 0) is 28.4 Å². The van der Waals surface area contributed by atoms with Crippen molar-refractivity contribution in [3.63, 3.8) is 0 Å². The second-order valence-corrected chi connectivity index (χ2v) is 11.5. The van der Waals surface area contributed by atoms with Gasteiger partial charge in [0.2, 0.25) is 0 Å². The van der Waals surface area contributed by atoms with E-state index in [2.05, 4.69) is 6.92 Å². The molecule has 2 heterocycles. The zero-order valence-electron chi connectivity index (χ0n) is 25.8. The van der Waals surface area contributed by atoms with Crippen molar-refractivity contribution in [2.45, 2.75) is 145 Å². The minimum Gasteiger partial charge on any atom is -0.394 e. The molecule has 0 saturated carbocycles. The Bertz CT molecular complexity index is 670. The zero-order chi connectivity index (χ0) is 31.5. The van der Waals surface area contributed by atoms with E-state index in [1.165, 1.54) is 70.6 Å². The fraction of sp³-hybridized carbons (Fsp3) is 1.00. The molecule has 13 heteroatoms. The highest BCUT2D eigenvalue weighted by molar-refractivity contribution is 4.94. The van der Waals surface area contributed by atoms with Gasteiger partial charge in [0.05, 0.1) is 39.6 Å². The summed E-state index contributed by atoms with van der Waals surface area (Å²) in [5, 5.41) is 70.4. The molecule has 2 saturated heterocycles. The fourth-order valence-corrected chi connectivity index (χ4v) is 5.28. The van der Waals surface area contributed by atoms with Crippen LogP contribution < -0.4 is 0 Å². The third kappa shape index (κ3) is 13.8. The lowest BCUT2D eigenvalue weighted by Crippen LogP contribution is -2.64. The lowest BCUT2D eigenvalue weighted by atomic mass is 9.97. The van der Waals surface area contributed by atoms with Crippen LogP contribution in [0, 0.1) is 0 Å². The Morgan fingerprint density at radius 3 is 1.56 bits per heavy atom. The van der Waals surface area contributed by atoms with Gasteiger partial charge in [-0.1, -0.05) is 77.6 Å². The zero-order valence-corrected chi connectivity index (χ0v) is 25.8. The Balaban J connectivity index is 1.52. The van der Waals surface area contributed by atoms with Crippen molar-refractivity contribution in [3.8, 4) is 0 Å². The highest BCUT2D eigenvalue weighted by Gasteiger charge is 2.50. The van der Waals surface area contributed by atoms with Crippen LogP contribution in [0.15, 0.2) is 0 Å². The van der Waals surface area contributed by atoms with E-state index in [1.807, 2.05) is 0 Å². The van der Waals surface area contributed by atoms with Gasteiger partial charge >= 0.3 is 0 Å². The first-order valence-electron chi connectivity index (χ1n) is 16.2. The largest absolute Gasteiger partial charge is 0.394 e. The Morgan fingerprint density at radius 1 is 0.488 bits per heavy atom. The quantitative estimate of drug-likeness (QED) is 0.0726. The molecular weight excluding hydrogens is 568 g/mol. The van der Waals surface area contributed by atoms with Crippen LogP contribution >= 0.6 is 0 Å². The van der Waals surface area contributed by atoms with Crippen LogP contribution in [0.2, 0.25) is 0 Å². The summed E-state index contributed by atoms with van der Waals surface area (Å²) < 4.78 is 33.0. The van der Waals surface area contributed by atoms with E-state index in [1.54, 1.807) is 0 Å². The molecule has 0 unspecified atom stereocenters. The SMILES string of the molecule is CCCCCCCCCCCCCCOCCOCCO[C@@H]1O[C@H](CO)[C@@H](O[C@@H]2O[C@H](CO)[C@H](O)[C@H](O)[C@H]2O)[C@H](O)[C@H]1O. The summed E-state index contributed by atoms with van der Waals surface area (Å²) in [7, 11) is 0. The Hall–Kier alpha value is -0.520. The minimum atomic E-state index is -1.72. The smallest absolute Gasteiger partial charge is 0.187 e. The topological polar surface area (TPSA) is 197 Å². The molecule has 10 atom stereocenters. The maximum Gasteiger partial charge on any atom is 0.187 e. The molecule has 2 rings (SSSR count). The van der Waals surface area contributed by atoms with Gasteiger partial charge in [-0.3, -0.25) is 0 Å². The number of hydrogen-bond donors (Lipinski definition) is 7. The van der Waals surface area contributed by atoms with E-state index < -0.39 is 74.6 Å². The van der Waals surface area contributed by atoms with Crippen molar-refractivity contribution in [2.75, 3.05) is 46.2 Å². The number of ether oxygens (including phenoxy) is 6. The third-order valence-electron chi connectivity index (χ3n) is 7.98. The van der Waals surface area contributed by atoms with Crippen LogP contribution in [0.25, 0.3) is 0 Å². The Kier molecular flexibility index (Phi) is 20.6. The molecule has 0 aliphatic carbocycles. The van der Waals surface area contributed by atoms with Gasteiger partial charge in [0.15, 0.2) is 12.6 Å². The van der Waals surface area contributed by atoms with Crippen LogP contribution in [0.5, 0.6) is 0 Å². The molecule has 0 bridgehead atoms. The maximum atomic E-state index is 10.6. The molecule has 0 aromatic carbocycles. The summed E-state index contributed by atoms with van der Waals surface area (Å²) in [6.07, 6.45) is 0.751. The molecule has 256 valence electrons. The van der Waals surface area contributed by atoms with Gasteiger partial charge in [0.1, 0.15) is 48.8 Å². The highest BCUT2D eigenvalue weighted by Crippen LogP contribution is 2.29. The average Bonchev–Trinajstić information content (AvgIpc) is 3.01. The van der Waals surface area contributed by atoms with Crippen molar-refractivity contribution < 1.29 is 64.2 Å². The number of hydrogen-bond acceptors (Lipinski definition) is 13. The van der Waals surface area contributed by atoms with Gasteiger partial charge in [-0.05, 0) is 6.42 Å². The normalized spacial score (nSPS) is 33.2. The predicted molar refractivity (Wildman–Crippen MR) is 155 cm³/mol. The number of aliphatic hydroxyl groups excluding tert-OH is 7. The van der Waals surface area contributed by atoms with Crippen molar-refractivity contribution in [3.05, 3.63) is 0 Å². The average molecular weight is 627 g/mol. The van der Waals surface area contributed by atoms with E-state index >= 15 is 0 Å². The maximum absolute atomic E-state index is 10.6. The number of aliphatic hydroxyl groups is 7. The van der Waals surface area contributed by atoms with Crippen molar-refractivity contribution in [1.29, 1.82) is 0 Å². The van der Waals surface area contributed by atoms with E-state index in [-0.39, 0.29) is 13.2 Å². The monoisotopic (exact) mass is 626 g/mol. The van der Waals surface area contributed by atoms with Crippen LogP contribution in [0.1, 0.15) is 84.0 Å². The molecule has 0 aromatic rings. The Labute approximate surface area is 256 Å².